The van der Waals surface area contributed by atoms with Crippen LogP contribution in [0.25, 0.3) is 10.8 Å². The number of amides is 1. The number of phenolic OH excluding ortho intramolecular Hbond substituents is 2. The van der Waals surface area contributed by atoms with Crippen molar-refractivity contribution in [2.75, 3.05) is 13.1 Å². The molecular formula is C28H30N2O3. The maximum absolute atomic E-state index is 12.3. The average molecular weight is 443 g/mol. The van der Waals surface area contributed by atoms with E-state index < -0.39 is 11.3 Å². The van der Waals surface area contributed by atoms with Gasteiger partial charge in [0.15, 0.2) is 0 Å². The largest absolute Gasteiger partial charge is 0.508 e. The Balaban J connectivity index is 1.49. The summed E-state index contributed by atoms with van der Waals surface area (Å²) in [4.78, 5) is 12.3. The molecule has 1 amide bonds. The van der Waals surface area contributed by atoms with Crippen LogP contribution in [0.15, 0.2) is 72.8 Å². The fourth-order valence-corrected chi connectivity index (χ4v) is 3.49. The number of phenols is 2. The van der Waals surface area contributed by atoms with E-state index >= 15 is 0 Å². The summed E-state index contributed by atoms with van der Waals surface area (Å²) in [5.74, 6) is 5.43. The normalized spacial score (nSPS) is 12.3. The van der Waals surface area contributed by atoms with E-state index in [1.54, 1.807) is 0 Å². The maximum atomic E-state index is 12.3. The van der Waals surface area contributed by atoms with Gasteiger partial charge in [0.2, 0.25) is 0 Å². The van der Waals surface area contributed by atoms with Gasteiger partial charge in [-0.2, -0.15) is 0 Å². The molecule has 0 aliphatic heterocycles. The third kappa shape index (κ3) is 6.61. The van der Waals surface area contributed by atoms with Gasteiger partial charge in [-0.15, -0.1) is 0 Å². The van der Waals surface area contributed by atoms with Crippen LogP contribution in [-0.4, -0.2) is 29.2 Å². The molecule has 0 bridgehead atoms. The van der Waals surface area contributed by atoms with Gasteiger partial charge in [0.05, 0.1) is 5.56 Å². The molecule has 170 valence electrons. The number of carbonyl (C=O) groups is 1. The highest BCUT2D eigenvalue weighted by molar-refractivity contribution is 5.97. The first-order chi connectivity index (χ1) is 15.8. The Bertz CT molecular complexity index is 1210. The second-order valence-electron chi connectivity index (χ2n) is 8.64. The third-order valence-electron chi connectivity index (χ3n) is 5.36. The van der Waals surface area contributed by atoms with Crippen molar-refractivity contribution >= 4 is 16.7 Å². The van der Waals surface area contributed by atoms with E-state index in [2.05, 4.69) is 71.9 Å². The van der Waals surface area contributed by atoms with Crippen molar-refractivity contribution in [3.63, 3.8) is 0 Å². The van der Waals surface area contributed by atoms with Crippen molar-refractivity contribution in [2.45, 2.75) is 26.8 Å². The molecule has 0 fully saturated rings. The number of allylic oxidation sites excluding steroid dienone is 1. The molecule has 0 spiro atoms. The Morgan fingerprint density at radius 2 is 1.85 bits per heavy atom. The van der Waals surface area contributed by atoms with Crippen LogP contribution in [0.2, 0.25) is 0 Å². The van der Waals surface area contributed by atoms with Crippen molar-refractivity contribution in [1.82, 2.24) is 10.6 Å². The Hall–Kier alpha value is -3.75. The fraction of sp³-hybridized carbons (Fsp3) is 0.250. The number of hydrogen-bond acceptors (Lipinski definition) is 4. The lowest BCUT2D eigenvalue weighted by molar-refractivity contribution is 0.0941. The highest BCUT2D eigenvalue weighted by Crippen LogP contribution is 2.24. The molecular weight excluding hydrogens is 412 g/mol. The lowest BCUT2D eigenvalue weighted by atomic mass is 9.94. The topological polar surface area (TPSA) is 81.6 Å². The van der Waals surface area contributed by atoms with Crippen molar-refractivity contribution in [2.24, 2.45) is 5.41 Å². The quantitative estimate of drug-likeness (QED) is 0.392. The van der Waals surface area contributed by atoms with Crippen molar-refractivity contribution in [1.29, 1.82) is 0 Å². The minimum absolute atomic E-state index is 0.0944. The zero-order chi connectivity index (χ0) is 23.8. The lowest BCUT2D eigenvalue weighted by Gasteiger charge is -2.18. The Morgan fingerprint density at radius 1 is 1.09 bits per heavy atom. The monoisotopic (exact) mass is 442 g/mol. The Morgan fingerprint density at radius 3 is 2.64 bits per heavy atom. The van der Waals surface area contributed by atoms with Crippen LogP contribution in [0, 0.1) is 17.3 Å². The highest BCUT2D eigenvalue weighted by atomic mass is 16.3. The molecule has 1 atom stereocenters. The Kier molecular flexibility index (Phi) is 7.76. The first-order valence-corrected chi connectivity index (χ1v) is 11.0. The Labute approximate surface area is 195 Å². The van der Waals surface area contributed by atoms with Gasteiger partial charge in [-0.25, -0.2) is 0 Å². The molecule has 0 unspecified atom stereocenters. The van der Waals surface area contributed by atoms with Crippen LogP contribution in [0.3, 0.4) is 0 Å². The van der Waals surface area contributed by atoms with E-state index in [0.29, 0.717) is 13.1 Å². The van der Waals surface area contributed by atoms with Crippen LogP contribution >= 0.6 is 0 Å². The van der Waals surface area contributed by atoms with Gasteiger partial charge in [0.1, 0.15) is 11.5 Å². The van der Waals surface area contributed by atoms with Gasteiger partial charge in [0, 0.05) is 30.6 Å². The summed E-state index contributed by atoms with van der Waals surface area (Å²) in [5.41, 5.74) is 0.933. The van der Waals surface area contributed by atoms with E-state index in [1.165, 1.54) is 28.5 Å². The number of fused-ring (bicyclic) bond motifs is 1. The van der Waals surface area contributed by atoms with Gasteiger partial charge in [0.25, 0.3) is 5.91 Å². The lowest BCUT2D eigenvalue weighted by Crippen LogP contribution is -2.33. The molecule has 4 N–H and O–H groups in total. The zero-order valence-corrected chi connectivity index (χ0v) is 19.2. The second kappa shape index (κ2) is 10.7. The summed E-state index contributed by atoms with van der Waals surface area (Å²) in [5, 5.41) is 27.9. The molecule has 5 heteroatoms. The summed E-state index contributed by atoms with van der Waals surface area (Å²) >= 11 is 0. The zero-order valence-electron chi connectivity index (χ0n) is 19.2. The number of nitrogens with one attached hydrogen (secondary N) is 2. The molecule has 0 saturated carbocycles. The summed E-state index contributed by atoms with van der Waals surface area (Å²) in [6, 6.07) is 18.8. The van der Waals surface area contributed by atoms with Crippen LogP contribution < -0.4 is 10.6 Å². The van der Waals surface area contributed by atoms with E-state index in [1.807, 2.05) is 26.0 Å². The van der Waals surface area contributed by atoms with Gasteiger partial charge >= 0.3 is 0 Å². The van der Waals surface area contributed by atoms with Gasteiger partial charge in [-0.3, -0.25) is 4.79 Å². The summed E-state index contributed by atoms with van der Waals surface area (Å²) in [6.07, 6.45) is 3.80. The third-order valence-corrected chi connectivity index (χ3v) is 5.36. The highest BCUT2D eigenvalue weighted by Gasteiger charge is 2.18. The second-order valence-corrected chi connectivity index (χ2v) is 8.64. The van der Waals surface area contributed by atoms with E-state index in [-0.39, 0.29) is 23.1 Å². The molecule has 0 heterocycles. The van der Waals surface area contributed by atoms with Crippen molar-refractivity contribution < 1.29 is 15.0 Å². The molecule has 3 aromatic carbocycles. The van der Waals surface area contributed by atoms with Crippen molar-refractivity contribution in [3.8, 4) is 23.3 Å². The molecule has 5 nitrogen and oxygen atoms in total. The van der Waals surface area contributed by atoms with E-state index in [9.17, 15) is 15.0 Å². The molecule has 0 radical (unpaired) electrons. The van der Waals surface area contributed by atoms with Crippen LogP contribution in [0.1, 0.15) is 42.7 Å². The van der Waals surface area contributed by atoms with Crippen LogP contribution in [-0.2, 0) is 0 Å². The molecule has 0 aromatic heterocycles. The van der Waals surface area contributed by atoms with E-state index in [4.69, 9.17) is 0 Å². The smallest absolute Gasteiger partial charge is 0.255 e. The number of rotatable bonds is 7. The predicted molar refractivity (Wildman–Crippen MR) is 133 cm³/mol. The standard InChI is InChI=1S/C28H30N2O3/c1-20(23-13-9-11-21-10-5-6-12-24(21)23)29-17-8-4-7-16-28(2,3)19-30-27(33)25-15-14-22(31)18-26(25)32/h4-6,8-15,18,20,29,31-32H,17,19H2,1-3H3,(H,30,33)/t20-/m1/s1. The molecule has 33 heavy (non-hydrogen) atoms. The summed E-state index contributed by atoms with van der Waals surface area (Å²) < 4.78 is 0. The molecule has 3 rings (SSSR count). The maximum Gasteiger partial charge on any atom is 0.255 e. The van der Waals surface area contributed by atoms with Crippen LogP contribution in [0.5, 0.6) is 11.5 Å². The fourth-order valence-electron chi connectivity index (χ4n) is 3.49. The minimum Gasteiger partial charge on any atom is -0.508 e. The van der Waals surface area contributed by atoms with E-state index in [0.717, 1.165) is 6.07 Å². The van der Waals surface area contributed by atoms with Crippen LogP contribution in [0.4, 0.5) is 0 Å². The number of benzene rings is 3. The van der Waals surface area contributed by atoms with Gasteiger partial charge in [-0.05, 0) is 55.3 Å². The first kappa shape index (κ1) is 23.9. The van der Waals surface area contributed by atoms with Gasteiger partial charge < -0.3 is 20.8 Å². The SMILES string of the molecule is C[C@@H](NCC=CC#CC(C)(C)CNC(=O)c1ccc(O)cc1O)c1cccc2ccccc12. The molecule has 3 aromatic rings. The number of carbonyl (C=O) groups excluding carboxylic acids is 1. The predicted octanol–water partition coefficient (Wildman–Crippen LogP) is 4.92. The minimum atomic E-state index is -0.448. The first-order valence-electron chi connectivity index (χ1n) is 11.0. The average Bonchev–Trinajstić information content (AvgIpc) is 2.79. The number of hydrogen-bond donors (Lipinski definition) is 4. The number of aromatic hydroxyl groups is 2. The van der Waals surface area contributed by atoms with Crippen molar-refractivity contribution in [3.05, 3.63) is 83.9 Å². The summed E-state index contributed by atoms with van der Waals surface area (Å²) in [6.45, 7) is 7.04. The molecule has 0 saturated heterocycles. The molecule has 0 aliphatic rings. The summed E-state index contributed by atoms with van der Waals surface area (Å²) in [7, 11) is 0. The molecule has 0 aliphatic carbocycles. The van der Waals surface area contributed by atoms with Gasteiger partial charge in [-0.1, -0.05) is 60.4 Å².